The molecule has 0 bridgehead atoms. The van der Waals surface area contributed by atoms with Crippen molar-refractivity contribution in [1.29, 1.82) is 0 Å². The molecule has 1 aromatic rings. The topological polar surface area (TPSA) is 61.4 Å². The van der Waals surface area contributed by atoms with E-state index in [2.05, 4.69) is 10.6 Å². The summed E-state index contributed by atoms with van der Waals surface area (Å²) in [7, 11) is 1.98. The van der Waals surface area contributed by atoms with Crippen LogP contribution in [0.15, 0.2) is 29.2 Å². The van der Waals surface area contributed by atoms with Crippen LogP contribution in [-0.2, 0) is 9.59 Å². The van der Waals surface area contributed by atoms with Crippen molar-refractivity contribution in [3.63, 3.8) is 0 Å². The maximum atomic E-state index is 12.6. The first-order chi connectivity index (χ1) is 11.7. The number of rotatable bonds is 5. The summed E-state index contributed by atoms with van der Waals surface area (Å²) in [5.41, 5.74) is 0.849. The number of benzene rings is 1. The highest BCUT2D eigenvalue weighted by Crippen LogP contribution is 2.37. The highest BCUT2D eigenvalue weighted by molar-refractivity contribution is 8.01. The Morgan fingerprint density at radius 3 is 2.83 bits per heavy atom. The number of hydrogen-bond acceptors (Lipinski definition) is 4. The quantitative estimate of drug-likeness (QED) is 0.858. The maximum Gasteiger partial charge on any atom is 0.238 e. The van der Waals surface area contributed by atoms with E-state index in [0.717, 1.165) is 43.1 Å². The smallest absolute Gasteiger partial charge is 0.238 e. The van der Waals surface area contributed by atoms with Gasteiger partial charge in [0.25, 0.3) is 0 Å². The average Bonchev–Trinajstić information content (AvgIpc) is 2.61. The molecule has 2 heterocycles. The molecule has 2 N–H and O–H groups in total. The summed E-state index contributed by atoms with van der Waals surface area (Å²) in [5, 5.41) is 5.77. The standard InChI is InChI=1S/C18H25N3O2S/c1-19-9-6-13-7-10-21(11-8-13)17(22)12-16-18(23)20-14-4-2-3-5-15(14)24-16/h2-5,13,16,19H,6-12H2,1H3,(H,20,23). The Bertz CT molecular complexity index is 600. The molecule has 1 atom stereocenters. The lowest BCUT2D eigenvalue weighted by atomic mass is 9.93. The van der Waals surface area contributed by atoms with Gasteiger partial charge in [-0.1, -0.05) is 12.1 Å². The van der Waals surface area contributed by atoms with Crippen LogP contribution in [0.4, 0.5) is 5.69 Å². The van der Waals surface area contributed by atoms with Gasteiger partial charge >= 0.3 is 0 Å². The first-order valence-corrected chi connectivity index (χ1v) is 9.54. The second-order valence-electron chi connectivity index (χ2n) is 6.51. The lowest BCUT2D eigenvalue weighted by Gasteiger charge is -2.33. The van der Waals surface area contributed by atoms with Gasteiger partial charge in [-0.15, -0.1) is 11.8 Å². The third kappa shape index (κ3) is 4.11. The van der Waals surface area contributed by atoms with Crippen LogP contribution in [0.25, 0.3) is 0 Å². The molecule has 6 heteroatoms. The molecule has 2 amide bonds. The fraction of sp³-hybridized carbons (Fsp3) is 0.556. The molecular formula is C18H25N3O2S. The van der Waals surface area contributed by atoms with Crippen LogP contribution >= 0.6 is 11.8 Å². The molecule has 2 aliphatic rings. The SMILES string of the molecule is CNCCC1CCN(C(=O)CC2Sc3ccccc3NC2=O)CC1. The summed E-state index contributed by atoms with van der Waals surface area (Å²) in [6.07, 6.45) is 3.60. The van der Waals surface area contributed by atoms with Gasteiger partial charge in [-0.3, -0.25) is 9.59 Å². The van der Waals surface area contributed by atoms with Gasteiger partial charge in [0.15, 0.2) is 0 Å². The molecule has 1 unspecified atom stereocenters. The molecule has 1 saturated heterocycles. The van der Waals surface area contributed by atoms with Crippen molar-refractivity contribution in [1.82, 2.24) is 10.2 Å². The van der Waals surface area contributed by atoms with E-state index in [1.807, 2.05) is 36.2 Å². The highest BCUT2D eigenvalue weighted by atomic mass is 32.2. The van der Waals surface area contributed by atoms with Crippen molar-refractivity contribution < 1.29 is 9.59 Å². The van der Waals surface area contributed by atoms with Gasteiger partial charge in [0.1, 0.15) is 0 Å². The first-order valence-electron chi connectivity index (χ1n) is 8.66. The molecule has 1 aromatic carbocycles. The van der Waals surface area contributed by atoms with Crippen molar-refractivity contribution in [3.8, 4) is 0 Å². The fourth-order valence-electron chi connectivity index (χ4n) is 3.33. The predicted octanol–water partition coefficient (Wildman–Crippen LogP) is 2.34. The van der Waals surface area contributed by atoms with E-state index in [4.69, 9.17) is 0 Å². The minimum Gasteiger partial charge on any atom is -0.343 e. The van der Waals surface area contributed by atoms with E-state index < -0.39 is 0 Å². The van der Waals surface area contributed by atoms with Gasteiger partial charge in [-0.25, -0.2) is 0 Å². The Kier molecular flexibility index (Phi) is 5.79. The summed E-state index contributed by atoms with van der Waals surface area (Å²) in [6.45, 7) is 2.68. The van der Waals surface area contributed by atoms with Crippen LogP contribution in [0, 0.1) is 5.92 Å². The lowest BCUT2D eigenvalue weighted by Crippen LogP contribution is -2.41. The minimum absolute atomic E-state index is 0.0593. The highest BCUT2D eigenvalue weighted by Gasteiger charge is 2.31. The van der Waals surface area contributed by atoms with Crippen LogP contribution in [0.1, 0.15) is 25.7 Å². The molecule has 2 aliphatic heterocycles. The number of para-hydroxylation sites is 1. The molecule has 0 aromatic heterocycles. The van der Waals surface area contributed by atoms with Gasteiger partial charge in [-0.2, -0.15) is 0 Å². The van der Waals surface area contributed by atoms with Gasteiger partial charge < -0.3 is 15.5 Å². The number of likely N-dealkylation sites (tertiary alicyclic amines) is 1. The molecule has 0 radical (unpaired) electrons. The third-order valence-electron chi connectivity index (χ3n) is 4.84. The second-order valence-corrected chi connectivity index (χ2v) is 7.76. The second kappa shape index (κ2) is 8.03. The summed E-state index contributed by atoms with van der Waals surface area (Å²) < 4.78 is 0. The van der Waals surface area contributed by atoms with E-state index in [1.54, 1.807) is 0 Å². The van der Waals surface area contributed by atoms with Crippen LogP contribution in [0.5, 0.6) is 0 Å². The molecule has 0 spiro atoms. The maximum absolute atomic E-state index is 12.6. The van der Waals surface area contributed by atoms with Crippen molar-refractivity contribution in [3.05, 3.63) is 24.3 Å². The zero-order chi connectivity index (χ0) is 16.9. The van der Waals surface area contributed by atoms with Crippen molar-refractivity contribution in [2.24, 2.45) is 5.92 Å². The Morgan fingerprint density at radius 2 is 2.08 bits per heavy atom. The van der Waals surface area contributed by atoms with Crippen LogP contribution in [0.3, 0.4) is 0 Å². The van der Waals surface area contributed by atoms with Crippen molar-refractivity contribution in [2.75, 3.05) is 32.0 Å². The number of fused-ring (bicyclic) bond motifs is 1. The number of hydrogen-bond donors (Lipinski definition) is 2. The van der Waals surface area contributed by atoms with E-state index in [0.29, 0.717) is 5.92 Å². The number of nitrogens with zero attached hydrogens (tertiary/aromatic N) is 1. The third-order valence-corrected chi connectivity index (χ3v) is 6.11. The van der Waals surface area contributed by atoms with Crippen molar-refractivity contribution >= 4 is 29.3 Å². The van der Waals surface area contributed by atoms with Gasteiger partial charge in [-0.05, 0) is 50.9 Å². The number of thioether (sulfide) groups is 1. The summed E-state index contributed by atoms with van der Waals surface area (Å²) in [4.78, 5) is 27.8. The normalized spacial score (nSPS) is 21.3. The Hall–Kier alpha value is -1.53. The molecule has 24 heavy (non-hydrogen) atoms. The summed E-state index contributed by atoms with van der Waals surface area (Å²) >= 11 is 1.50. The van der Waals surface area contributed by atoms with Gasteiger partial charge in [0, 0.05) is 24.4 Å². The largest absolute Gasteiger partial charge is 0.343 e. The monoisotopic (exact) mass is 347 g/mol. The Morgan fingerprint density at radius 1 is 1.33 bits per heavy atom. The summed E-state index contributed by atoms with van der Waals surface area (Å²) in [6, 6.07) is 7.75. The molecule has 130 valence electrons. The number of anilines is 1. The van der Waals surface area contributed by atoms with Gasteiger partial charge in [0.05, 0.1) is 10.9 Å². The molecule has 0 saturated carbocycles. The van der Waals surface area contributed by atoms with Crippen LogP contribution in [-0.4, -0.2) is 48.6 Å². The minimum atomic E-state index is -0.325. The van der Waals surface area contributed by atoms with E-state index in [-0.39, 0.29) is 23.5 Å². The number of nitrogens with one attached hydrogen (secondary N) is 2. The fourth-order valence-corrected chi connectivity index (χ4v) is 4.44. The number of piperidine rings is 1. The summed E-state index contributed by atoms with van der Waals surface area (Å²) in [5.74, 6) is 0.755. The zero-order valence-electron chi connectivity index (χ0n) is 14.1. The molecule has 0 aliphatic carbocycles. The number of carbonyl (C=O) groups is 2. The van der Waals surface area contributed by atoms with E-state index in [9.17, 15) is 9.59 Å². The molecule has 3 rings (SSSR count). The first kappa shape index (κ1) is 17.3. The van der Waals surface area contributed by atoms with E-state index in [1.165, 1.54) is 18.2 Å². The van der Waals surface area contributed by atoms with Gasteiger partial charge in [0.2, 0.25) is 11.8 Å². The molecule has 5 nitrogen and oxygen atoms in total. The predicted molar refractivity (Wildman–Crippen MR) is 97.2 cm³/mol. The van der Waals surface area contributed by atoms with E-state index >= 15 is 0 Å². The van der Waals surface area contributed by atoms with Crippen LogP contribution in [0.2, 0.25) is 0 Å². The lowest BCUT2D eigenvalue weighted by molar-refractivity contribution is -0.133. The number of carbonyl (C=O) groups excluding carboxylic acids is 2. The zero-order valence-corrected chi connectivity index (χ0v) is 14.9. The Balaban J connectivity index is 1.52. The molecule has 1 fully saturated rings. The average molecular weight is 347 g/mol. The van der Waals surface area contributed by atoms with Crippen molar-refractivity contribution in [2.45, 2.75) is 35.8 Å². The number of amides is 2. The Labute approximate surface area is 147 Å². The molecular weight excluding hydrogens is 322 g/mol. The van der Waals surface area contributed by atoms with Crippen LogP contribution < -0.4 is 10.6 Å².